The maximum Gasteiger partial charge on any atom is 0.239 e. The molecule has 1 atom stereocenters. The normalized spacial score (nSPS) is 19.5. The van der Waals surface area contributed by atoms with Crippen LogP contribution in [0.3, 0.4) is 0 Å². The second-order valence-corrected chi connectivity index (χ2v) is 3.58. The smallest absolute Gasteiger partial charge is 0.239 e. The molecule has 0 unspecified atom stereocenters. The van der Waals surface area contributed by atoms with Gasteiger partial charge in [0.15, 0.2) is 0 Å². The van der Waals surface area contributed by atoms with Crippen LogP contribution in [0.5, 0.6) is 5.88 Å². The van der Waals surface area contributed by atoms with Gasteiger partial charge in [-0.05, 0) is 0 Å². The van der Waals surface area contributed by atoms with Crippen LogP contribution in [0.4, 0.5) is 5.82 Å². The number of fused-ring (bicyclic) bond motifs is 1. The molecule has 0 aliphatic carbocycles. The number of methoxy groups -OCH3 is 1. The minimum Gasteiger partial charge on any atom is -0.469 e. The molecule has 1 aromatic rings. The van der Waals surface area contributed by atoms with Crippen molar-refractivity contribution in [1.82, 2.24) is 15.3 Å². The van der Waals surface area contributed by atoms with Crippen LogP contribution in [0, 0.1) is 0 Å². The summed E-state index contributed by atoms with van der Waals surface area (Å²) >= 11 is 0. The topological polar surface area (TPSA) is 68.3 Å². The summed E-state index contributed by atoms with van der Waals surface area (Å²) in [5.74, 6) is 1.29. The number of nitrogens with zero attached hydrogens (tertiary/aromatic N) is 2. The number of hydrogen-bond acceptors (Lipinski definition) is 6. The Hall–Kier alpha value is -1.40. The summed E-state index contributed by atoms with van der Waals surface area (Å²) in [6, 6.07) is 0. The lowest BCUT2D eigenvalue weighted by Gasteiger charge is -2.15. The molecule has 0 fully saturated rings. The maximum absolute atomic E-state index is 5.74. The second-order valence-electron chi connectivity index (χ2n) is 3.58. The van der Waals surface area contributed by atoms with Gasteiger partial charge in [-0.15, -0.1) is 0 Å². The minimum atomic E-state index is -0.0207. The fraction of sp³-hybridized carbons (Fsp3) is 0.600. The third kappa shape index (κ3) is 2.40. The molecule has 1 aliphatic rings. The number of rotatable bonds is 3. The zero-order chi connectivity index (χ0) is 11.4. The van der Waals surface area contributed by atoms with Crippen molar-refractivity contribution in [2.24, 2.45) is 0 Å². The zero-order valence-corrected chi connectivity index (χ0v) is 9.49. The van der Waals surface area contributed by atoms with Gasteiger partial charge in [0.25, 0.3) is 0 Å². The Bertz CT molecular complexity index is 359. The van der Waals surface area contributed by atoms with E-state index in [2.05, 4.69) is 20.6 Å². The van der Waals surface area contributed by atoms with Gasteiger partial charge in [-0.3, -0.25) is 4.98 Å². The van der Waals surface area contributed by atoms with Crippen molar-refractivity contribution in [2.75, 3.05) is 32.6 Å². The highest BCUT2D eigenvalue weighted by atomic mass is 16.5. The monoisotopic (exact) mass is 224 g/mol. The molecule has 88 valence electrons. The van der Waals surface area contributed by atoms with Gasteiger partial charge in [-0.1, -0.05) is 0 Å². The van der Waals surface area contributed by atoms with Crippen LogP contribution in [0.1, 0.15) is 5.69 Å². The third-order valence-electron chi connectivity index (χ3n) is 2.36. The van der Waals surface area contributed by atoms with Gasteiger partial charge in [0.1, 0.15) is 17.6 Å². The molecule has 0 spiro atoms. The molecule has 0 aromatic carbocycles. The van der Waals surface area contributed by atoms with E-state index in [-0.39, 0.29) is 6.10 Å². The lowest BCUT2D eigenvalue weighted by molar-refractivity contribution is 0.0811. The summed E-state index contributed by atoms with van der Waals surface area (Å²) in [5, 5.41) is 6.19. The Kier molecular flexibility index (Phi) is 3.53. The first-order valence-corrected chi connectivity index (χ1v) is 5.23. The number of ether oxygens (including phenoxy) is 2. The molecule has 0 saturated carbocycles. The van der Waals surface area contributed by atoms with Crippen LogP contribution in [0.2, 0.25) is 0 Å². The summed E-state index contributed by atoms with van der Waals surface area (Å²) in [4.78, 5) is 8.62. The average molecular weight is 224 g/mol. The molecule has 16 heavy (non-hydrogen) atoms. The van der Waals surface area contributed by atoms with Crippen molar-refractivity contribution in [1.29, 1.82) is 0 Å². The summed E-state index contributed by atoms with van der Waals surface area (Å²) in [5.41, 5.74) is 0.831. The summed E-state index contributed by atoms with van der Waals surface area (Å²) < 4.78 is 10.8. The lowest BCUT2D eigenvalue weighted by Crippen LogP contribution is -2.32. The number of aromatic nitrogens is 2. The molecule has 1 aromatic heterocycles. The third-order valence-corrected chi connectivity index (χ3v) is 2.36. The molecule has 2 rings (SSSR count). The first kappa shape index (κ1) is 11.1. The van der Waals surface area contributed by atoms with Gasteiger partial charge >= 0.3 is 0 Å². The second kappa shape index (κ2) is 5.09. The van der Waals surface area contributed by atoms with Crippen LogP contribution in [0.15, 0.2) is 6.20 Å². The summed E-state index contributed by atoms with van der Waals surface area (Å²) in [7, 11) is 3.46. The van der Waals surface area contributed by atoms with E-state index in [1.165, 1.54) is 0 Å². The van der Waals surface area contributed by atoms with Gasteiger partial charge in [-0.2, -0.15) is 4.98 Å². The van der Waals surface area contributed by atoms with E-state index in [9.17, 15) is 0 Å². The highest BCUT2D eigenvalue weighted by molar-refractivity contribution is 5.35. The van der Waals surface area contributed by atoms with Crippen LogP contribution in [0.25, 0.3) is 0 Å². The molecule has 2 N–H and O–H groups in total. The van der Waals surface area contributed by atoms with Crippen molar-refractivity contribution in [2.45, 2.75) is 12.6 Å². The molecular formula is C10H16N4O2. The molecule has 0 radical (unpaired) electrons. The van der Waals surface area contributed by atoms with Crippen molar-refractivity contribution in [3.63, 3.8) is 0 Å². The number of anilines is 1. The zero-order valence-electron chi connectivity index (χ0n) is 9.49. The van der Waals surface area contributed by atoms with Gasteiger partial charge in [0.2, 0.25) is 5.88 Å². The highest BCUT2D eigenvalue weighted by Crippen LogP contribution is 2.19. The fourth-order valence-corrected chi connectivity index (χ4v) is 1.56. The lowest BCUT2D eigenvalue weighted by atomic mass is 10.4. The first-order chi connectivity index (χ1) is 7.83. The molecule has 0 saturated heterocycles. The first-order valence-electron chi connectivity index (χ1n) is 5.23. The predicted molar refractivity (Wildman–Crippen MR) is 59.6 cm³/mol. The van der Waals surface area contributed by atoms with Crippen LogP contribution < -0.4 is 15.4 Å². The van der Waals surface area contributed by atoms with E-state index in [1.807, 2.05) is 0 Å². The molecule has 2 heterocycles. The van der Waals surface area contributed by atoms with Crippen LogP contribution in [-0.2, 0) is 11.3 Å². The van der Waals surface area contributed by atoms with E-state index in [1.54, 1.807) is 20.4 Å². The quantitative estimate of drug-likeness (QED) is 0.754. The Morgan fingerprint density at radius 2 is 2.56 bits per heavy atom. The molecule has 6 nitrogen and oxygen atoms in total. The average Bonchev–Trinajstić information content (AvgIpc) is 2.50. The fourth-order valence-electron chi connectivity index (χ4n) is 1.56. The van der Waals surface area contributed by atoms with E-state index >= 15 is 0 Å². The minimum absolute atomic E-state index is 0.0207. The van der Waals surface area contributed by atoms with Crippen LogP contribution in [-0.4, -0.2) is 43.4 Å². The number of hydrogen-bond donors (Lipinski definition) is 2. The number of nitrogens with one attached hydrogen (secondary N) is 2. The van der Waals surface area contributed by atoms with E-state index in [0.717, 1.165) is 12.2 Å². The standard InChI is InChI=1S/C10H16N4O2/c1-11-9-5-13-8-4-12-3-7(6-15-2)16-10(8)14-9/h5,7,12H,3-4,6H2,1-2H3,(H,11,14)/t7-/m1/s1. The highest BCUT2D eigenvalue weighted by Gasteiger charge is 2.19. The Morgan fingerprint density at radius 1 is 1.69 bits per heavy atom. The maximum atomic E-state index is 5.74. The van der Waals surface area contributed by atoms with E-state index in [0.29, 0.717) is 24.8 Å². The van der Waals surface area contributed by atoms with E-state index in [4.69, 9.17) is 9.47 Å². The van der Waals surface area contributed by atoms with Crippen molar-refractivity contribution in [3.8, 4) is 5.88 Å². The van der Waals surface area contributed by atoms with E-state index < -0.39 is 0 Å². The summed E-state index contributed by atoms with van der Waals surface area (Å²) in [6.45, 7) is 1.95. The SMILES string of the molecule is CNc1cnc2c(n1)O[C@@H](COC)CNC2. The van der Waals surface area contributed by atoms with Crippen LogP contribution >= 0.6 is 0 Å². The largest absolute Gasteiger partial charge is 0.469 e. The van der Waals surface area contributed by atoms with Gasteiger partial charge in [-0.25, -0.2) is 0 Å². The molecule has 0 amide bonds. The van der Waals surface area contributed by atoms with Gasteiger partial charge < -0.3 is 20.1 Å². The van der Waals surface area contributed by atoms with Crippen molar-refractivity contribution in [3.05, 3.63) is 11.9 Å². The van der Waals surface area contributed by atoms with Crippen molar-refractivity contribution < 1.29 is 9.47 Å². The predicted octanol–water partition coefficient (Wildman–Crippen LogP) is 0.0153. The van der Waals surface area contributed by atoms with Gasteiger partial charge in [0, 0.05) is 27.2 Å². The van der Waals surface area contributed by atoms with Gasteiger partial charge in [0.05, 0.1) is 12.8 Å². The Labute approximate surface area is 94.4 Å². The Morgan fingerprint density at radius 3 is 3.31 bits per heavy atom. The summed E-state index contributed by atoms with van der Waals surface area (Å²) in [6.07, 6.45) is 1.67. The molecular weight excluding hydrogens is 208 g/mol. The molecule has 6 heteroatoms. The molecule has 1 aliphatic heterocycles. The van der Waals surface area contributed by atoms with Crippen molar-refractivity contribution >= 4 is 5.82 Å². The molecule has 0 bridgehead atoms. The Balaban J connectivity index is 2.19.